The fraction of sp³-hybridized carbons (Fsp3) is 0.531. The fourth-order valence-corrected chi connectivity index (χ4v) is 11.2. The topological polar surface area (TPSA) is 63.8 Å². The van der Waals surface area contributed by atoms with Gasteiger partial charge in [0.1, 0.15) is 24.0 Å². The Kier molecular flexibility index (Phi) is 8.67. The highest BCUT2D eigenvalue weighted by molar-refractivity contribution is 7.98. The molecule has 6 nitrogen and oxygen atoms in total. The van der Waals surface area contributed by atoms with Gasteiger partial charge in [-0.1, -0.05) is 93.6 Å². The molecule has 216 valence electrons. The maximum absolute atomic E-state index is 13.4. The Labute approximate surface area is 244 Å². The van der Waals surface area contributed by atoms with Crippen molar-refractivity contribution in [1.29, 1.82) is 0 Å². The fourth-order valence-electron chi connectivity index (χ4n) is 6.18. The maximum atomic E-state index is 13.4. The Morgan fingerprint density at radius 2 is 1.68 bits per heavy atom. The van der Waals surface area contributed by atoms with Crippen LogP contribution < -0.4 is 10.4 Å². The lowest BCUT2D eigenvalue weighted by Gasteiger charge is -2.42. The molecule has 0 saturated carbocycles. The van der Waals surface area contributed by atoms with E-state index in [1.54, 1.807) is 11.8 Å². The number of ether oxygens (including phenoxy) is 3. The van der Waals surface area contributed by atoms with Crippen molar-refractivity contribution in [3.63, 3.8) is 0 Å². The van der Waals surface area contributed by atoms with Crippen molar-refractivity contribution < 1.29 is 23.4 Å². The predicted molar refractivity (Wildman–Crippen MR) is 164 cm³/mol. The first kappa shape index (κ1) is 29.5. The largest absolute Gasteiger partial charge is 0.404 e. The van der Waals surface area contributed by atoms with Crippen LogP contribution >= 0.6 is 11.8 Å². The van der Waals surface area contributed by atoms with Gasteiger partial charge in [-0.05, 0) is 47.7 Å². The molecule has 3 fully saturated rings. The van der Waals surface area contributed by atoms with Crippen LogP contribution in [0.4, 0.5) is 0 Å². The molecule has 0 bridgehead atoms. The first-order chi connectivity index (χ1) is 19.1. The number of hydrogen-bond acceptors (Lipinski definition) is 6. The number of benzene rings is 2. The normalized spacial score (nSPS) is 27.8. The lowest BCUT2D eigenvalue weighted by Crippen LogP contribution is -2.66. The lowest BCUT2D eigenvalue weighted by molar-refractivity contribution is -0.147. The summed E-state index contributed by atoms with van der Waals surface area (Å²) in [5, 5.41) is 2.46. The zero-order valence-electron chi connectivity index (χ0n) is 24.5. The Balaban J connectivity index is 1.21. The Morgan fingerprint density at radius 1 is 1.05 bits per heavy atom. The van der Waals surface area contributed by atoms with Crippen molar-refractivity contribution in [3.8, 4) is 0 Å². The highest BCUT2D eigenvalue weighted by Gasteiger charge is 2.62. The molecule has 5 atom stereocenters. The molecule has 3 saturated heterocycles. The average molecular weight is 582 g/mol. The number of rotatable bonds is 11. The number of amides is 1. The second kappa shape index (κ2) is 11.7. The predicted octanol–water partition coefficient (Wildman–Crippen LogP) is 4.37. The summed E-state index contributed by atoms with van der Waals surface area (Å²) in [4.78, 5) is 15.3. The minimum absolute atomic E-state index is 0.0202. The first-order valence-electron chi connectivity index (χ1n) is 14.3. The van der Waals surface area contributed by atoms with E-state index in [4.69, 9.17) is 18.6 Å². The van der Waals surface area contributed by atoms with Crippen LogP contribution in [0.3, 0.4) is 0 Å². The third-order valence-corrected chi connectivity index (χ3v) is 13.9. The van der Waals surface area contributed by atoms with Crippen LogP contribution in [0, 0.1) is 0 Å². The van der Waals surface area contributed by atoms with E-state index in [1.807, 2.05) is 18.7 Å². The van der Waals surface area contributed by atoms with Gasteiger partial charge in [0, 0.05) is 0 Å². The van der Waals surface area contributed by atoms with E-state index in [1.165, 1.54) is 10.4 Å². The van der Waals surface area contributed by atoms with Crippen LogP contribution in [0.15, 0.2) is 72.8 Å². The van der Waals surface area contributed by atoms with Gasteiger partial charge in [0.2, 0.25) is 0 Å². The molecule has 40 heavy (non-hydrogen) atoms. The summed E-state index contributed by atoms with van der Waals surface area (Å²) in [5.74, 6) is 1.02. The molecule has 0 radical (unpaired) electrons. The molecule has 0 spiro atoms. The van der Waals surface area contributed by atoms with Crippen molar-refractivity contribution in [2.45, 2.75) is 82.3 Å². The van der Waals surface area contributed by atoms with Crippen molar-refractivity contribution in [2.24, 2.45) is 0 Å². The summed E-state index contributed by atoms with van der Waals surface area (Å²) >= 11 is 1.79. The van der Waals surface area contributed by atoms with Crippen LogP contribution in [-0.4, -0.2) is 80.5 Å². The van der Waals surface area contributed by atoms with Crippen molar-refractivity contribution in [1.82, 2.24) is 4.90 Å². The summed E-state index contributed by atoms with van der Waals surface area (Å²) in [7, 11) is -2.58. The van der Waals surface area contributed by atoms with Gasteiger partial charge in [-0.15, -0.1) is 0 Å². The molecule has 8 heteroatoms. The summed E-state index contributed by atoms with van der Waals surface area (Å²) in [6.45, 7) is 11.8. The van der Waals surface area contributed by atoms with Gasteiger partial charge in [-0.25, -0.2) is 0 Å². The highest BCUT2D eigenvalue weighted by atomic mass is 32.2. The van der Waals surface area contributed by atoms with Gasteiger partial charge < -0.3 is 23.5 Å². The van der Waals surface area contributed by atoms with Crippen LogP contribution in [0.25, 0.3) is 0 Å². The molecule has 0 aliphatic carbocycles. The second-order valence-electron chi connectivity index (χ2n) is 12.4. The maximum Gasteiger partial charge on any atom is 0.261 e. The van der Waals surface area contributed by atoms with Gasteiger partial charge >= 0.3 is 0 Å². The van der Waals surface area contributed by atoms with E-state index in [0.29, 0.717) is 13.2 Å². The quantitative estimate of drug-likeness (QED) is 0.223. The van der Waals surface area contributed by atoms with Crippen LogP contribution in [0.2, 0.25) is 5.04 Å². The average Bonchev–Trinajstić information content (AvgIpc) is 3.84. The number of carbonyl (C=O) groups is 1. The van der Waals surface area contributed by atoms with Gasteiger partial charge in [0.25, 0.3) is 14.2 Å². The third kappa shape index (κ3) is 5.85. The Hall–Kier alpha value is -1.94. The van der Waals surface area contributed by atoms with Gasteiger partial charge in [-0.3, -0.25) is 4.79 Å². The van der Waals surface area contributed by atoms with Crippen LogP contribution in [-0.2, 0) is 23.4 Å². The molecular weight excluding hydrogens is 539 g/mol. The first-order valence-corrected chi connectivity index (χ1v) is 17.6. The Bertz CT molecular complexity index is 1150. The molecule has 5 rings (SSSR count). The molecule has 3 aliphatic rings. The number of thioether (sulfide) groups is 1. The molecule has 0 N–H and O–H groups in total. The SMILES string of the molecule is CSCC[C@@H]1COC(C)(C)N1C(=O)[C@@H]1O[C@H]1[C@@H]1O[C@H]1/C=C/CO[Si](c1ccccc1)(c1ccccc1)C(C)(C)C. The monoisotopic (exact) mass is 581 g/mol. The number of nitrogens with zero attached hydrogens (tertiary/aromatic N) is 1. The molecule has 2 aromatic rings. The van der Waals surface area contributed by atoms with Crippen molar-refractivity contribution in [3.05, 3.63) is 72.8 Å². The number of epoxide rings is 2. The van der Waals surface area contributed by atoms with Crippen molar-refractivity contribution in [2.75, 3.05) is 25.2 Å². The van der Waals surface area contributed by atoms with Crippen LogP contribution in [0.1, 0.15) is 41.0 Å². The molecular formula is C32H43NO5SSi. The number of hydrogen-bond donors (Lipinski definition) is 0. The van der Waals surface area contributed by atoms with Gasteiger partial charge in [-0.2, -0.15) is 11.8 Å². The minimum atomic E-state index is -2.58. The summed E-state index contributed by atoms with van der Waals surface area (Å²) in [6, 6.07) is 21.4. The highest BCUT2D eigenvalue weighted by Crippen LogP contribution is 2.42. The van der Waals surface area contributed by atoms with Gasteiger partial charge in [0.15, 0.2) is 6.10 Å². The third-order valence-electron chi connectivity index (χ3n) is 8.26. The van der Waals surface area contributed by atoms with E-state index >= 15 is 0 Å². The zero-order valence-corrected chi connectivity index (χ0v) is 26.4. The molecule has 1 amide bonds. The van der Waals surface area contributed by atoms with Crippen molar-refractivity contribution >= 4 is 36.4 Å². The lowest BCUT2D eigenvalue weighted by atomic mass is 10.1. The second-order valence-corrected chi connectivity index (χ2v) is 17.7. The molecule has 2 aromatic carbocycles. The van der Waals surface area contributed by atoms with E-state index in [9.17, 15) is 4.79 Å². The van der Waals surface area contributed by atoms with Crippen LogP contribution in [0.5, 0.6) is 0 Å². The minimum Gasteiger partial charge on any atom is -0.404 e. The summed E-state index contributed by atoms with van der Waals surface area (Å²) in [6.07, 6.45) is 6.35. The number of carbonyl (C=O) groups excluding carboxylic acids is 1. The molecule has 0 unspecified atom stereocenters. The van der Waals surface area contributed by atoms with E-state index < -0.39 is 20.1 Å². The van der Waals surface area contributed by atoms with E-state index in [0.717, 1.165) is 12.2 Å². The van der Waals surface area contributed by atoms with E-state index in [-0.39, 0.29) is 35.3 Å². The molecule has 0 aromatic heterocycles. The zero-order chi connectivity index (χ0) is 28.5. The standard InChI is InChI=1S/C32H43NO5SSi/c1-31(2,3)40(24-14-9-7-10-15-24,25-16-11-8-12-17-25)36-20-13-18-26-27(37-26)28-29(38-28)30(34)33-23(19-21-39-6)22-35-32(33,4)5/h7-18,23,26-29H,19-22H2,1-6H3/b18-13+/t23-,26+,27-,28+,29-/m1/s1. The summed E-state index contributed by atoms with van der Waals surface area (Å²) in [5.41, 5.74) is -0.612. The smallest absolute Gasteiger partial charge is 0.261 e. The summed E-state index contributed by atoms with van der Waals surface area (Å²) < 4.78 is 24.7. The van der Waals surface area contributed by atoms with E-state index in [2.05, 4.69) is 99.8 Å². The Morgan fingerprint density at radius 3 is 2.25 bits per heavy atom. The molecule has 3 heterocycles. The molecule has 3 aliphatic heterocycles. The van der Waals surface area contributed by atoms with Gasteiger partial charge in [0.05, 0.1) is 19.3 Å².